The number of hydrogen-bond acceptors (Lipinski definition) is 3. The lowest BCUT2D eigenvalue weighted by atomic mass is 10.1. The zero-order valence-corrected chi connectivity index (χ0v) is 10.4. The molecular formula is C11H9Cl2NO3. The Hall–Kier alpha value is -1.52. The van der Waals surface area contributed by atoms with Crippen LogP contribution in [0.25, 0.3) is 5.57 Å². The van der Waals surface area contributed by atoms with Gasteiger partial charge >= 0.3 is 5.97 Å². The van der Waals surface area contributed by atoms with E-state index in [4.69, 9.17) is 23.6 Å². The smallest absolute Gasteiger partial charge is 0.338 e. The van der Waals surface area contributed by atoms with Crippen LogP contribution in [0.4, 0.5) is 0 Å². The fraction of sp³-hybridized carbons (Fsp3) is 0.0909. The number of benzene rings is 1. The van der Waals surface area contributed by atoms with E-state index >= 15 is 0 Å². The van der Waals surface area contributed by atoms with Crippen molar-refractivity contribution in [3.63, 3.8) is 0 Å². The molecule has 0 aromatic heterocycles. The van der Waals surface area contributed by atoms with Crippen LogP contribution in [0.2, 0.25) is 0 Å². The van der Waals surface area contributed by atoms with Crippen molar-refractivity contribution in [1.82, 2.24) is 3.94 Å². The Morgan fingerprint density at radius 1 is 1.24 bits per heavy atom. The Balaban J connectivity index is 3.14. The summed E-state index contributed by atoms with van der Waals surface area (Å²) < 4.78 is 4.92. The van der Waals surface area contributed by atoms with Crippen molar-refractivity contribution in [2.75, 3.05) is 7.11 Å². The molecule has 0 saturated heterocycles. The third kappa shape index (κ3) is 3.76. The van der Waals surface area contributed by atoms with Crippen LogP contribution in [0.3, 0.4) is 0 Å². The fourth-order valence-electron chi connectivity index (χ4n) is 1.16. The second-order valence-corrected chi connectivity index (χ2v) is 3.84. The predicted molar refractivity (Wildman–Crippen MR) is 65.0 cm³/mol. The first-order valence-electron chi connectivity index (χ1n) is 4.57. The zero-order chi connectivity index (χ0) is 12.8. The maximum atomic E-state index is 11.5. The Bertz CT molecular complexity index is 443. The molecule has 0 atom stereocenters. The van der Waals surface area contributed by atoms with Crippen LogP contribution < -0.4 is 0 Å². The van der Waals surface area contributed by atoms with Crippen LogP contribution in [0.5, 0.6) is 0 Å². The van der Waals surface area contributed by atoms with Crippen molar-refractivity contribution in [3.05, 3.63) is 42.0 Å². The molecular weight excluding hydrogens is 265 g/mol. The summed E-state index contributed by atoms with van der Waals surface area (Å²) in [5.74, 6) is -1.36. The molecule has 1 rings (SSSR count). The number of nitrogens with zero attached hydrogens (tertiary/aromatic N) is 1. The lowest BCUT2D eigenvalue weighted by molar-refractivity contribution is -0.134. The summed E-state index contributed by atoms with van der Waals surface area (Å²) in [5, 5.41) is 0. The molecule has 0 radical (unpaired) electrons. The van der Waals surface area contributed by atoms with Gasteiger partial charge in [-0.2, -0.15) is 3.94 Å². The maximum Gasteiger partial charge on any atom is 0.338 e. The highest BCUT2D eigenvalue weighted by molar-refractivity contribution is 6.43. The van der Waals surface area contributed by atoms with Crippen LogP contribution in [0.15, 0.2) is 36.4 Å². The summed E-state index contributed by atoms with van der Waals surface area (Å²) in [6.07, 6.45) is 1.02. The molecule has 0 unspecified atom stereocenters. The van der Waals surface area contributed by atoms with Crippen LogP contribution in [0, 0.1) is 0 Å². The molecule has 90 valence electrons. The van der Waals surface area contributed by atoms with Gasteiger partial charge in [0.1, 0.15) is 0 Å². The molecule has 0 aliphatic rings. The Morgan fingerprint density at radius 3 is 2.29 bits per heavy atom. The van der Waals surface area contributed by atoms with Crippen LogP contribution >= 0.6 is 23.6 Å². The Morgan fingerprint density at radius 2 is 1.82 bits per heavy atom. The molecule has 0 aliphatic carbocycles. The van der Waals surface area contributed by atoms with Gasteiger partial charge < -0.3 is 4.74 Å². The minimum absolute atomic E-state index is 0.0874. The van der Waals surface area contributed by atoms with E-state index in [0.29, 0.717) is 9.50 Å². The number of methoxy groups -OCH3 is 1. The lowest BCUT2D eigenvalue weighted by Gasteiger charge is -2.06. The minimum Gasteiger partial charge on any atom is -0.465 e. The molecule has 0 saturated carbocycles. The van der Waals surface area contributed by atoms with Gasteiger partial charge in [-0.15, -0.1) is 0 Å². The summed E-state index contributed by atoms with van der Waals surface area (Å²) in [5.41, 5.74) is 0.632. The fourth-order valence-corrected chi connectivity index (χ4v) is 1.26. The summed E-state index contributed by atoms with van der Waals surface area (Å²) in [6, 6.07) is 8.59. The first-order valence-corrected chi connectivity index (χ1v) is 5.25. The van der Waals surface area contributed by atoms with Gasteiger partial charge in [-0.3, -0.25) is 4.79 Å². The number of ether oxygens (including phenoxy) is 1. The highest BCUT2D eigenvalue weighted by atomic mass is 35.5. The van der Waals surface area contributed by atoms with Gasteiger partial charge in [0.05, 0.1) is 12.7 Å². The number of halogens is 2. The van der Waals surface area contributed by atoms with Crippen molar-refractivity contribution in [1.29, 1.82) is 0 Å². The molecule has 1 amide bonds. The summed E-state index contributed by atoms with van der Waals surface area (Å²) >= 11 is 10.5. The number of carbonyl (C=O) groups is 2. The highest BCUT2D eigenvalue weighted by Crippen LogP contribution is 2.16. The van der Waals surface area contributed by atoms with Gasteiger partial charge in [-0.05, 0) is 5.56 Å². The van der Waals surface area contributed by atoms with Gasteiger partial charge in [0.2, 0.25) is 0 Å². The molecule has 6 heteroatoms. The minimum atomic E-state index is -0.724. The zero-order valence-electron chi connectivity index (χ0n) is 8.89. The van der Waals surface area contributed by atoms with E-state index < -0.39 is 11.9 Å². The molecule has 1 aromatic rings. The Labute approximate surface area is 109 Å². The summed E-state index contributed by atoms with van der Waals surface area (Å²) in [4.78, 5) is 22.8. The second kappa shape index (κ2) is 6.27. The van der Waals surface area contributed by atoms with E-state index in [-0.39, 0.29) is 5.57 Å². The molecule has 17 heavy (non-hydrogen) atoms. The average Bonchev–Trinajstić information content (AvgIpc) is 2.35. The second-order valence-electron chi connectivity index (χ2n) is 2.99. The number of rotatable bonds is 3. The van der Waals surface area contributed by atoms with Gasteiger partial charge in [-0.25, -0.2) is 4.79 Å². The van der Waals surface area contributed by atoms with Crippen molar-refractivity contribution in [3.8, 4) is 0 Å². The average molecular weight is 274 g/mol. The van der Waals surface area contributed by atoms with Gasteiger partial charge in [0.25, 0.3) is 5.91 Å². The Kier molecular flexibility index (Phi) is 5.00. The lowest BCUT2D eigenvalue weighted by Crippen LogP contribution is -2.12. The van der Waals surface area contributed by atoms with Crippen molar-refractivity contribution >= 4 is 41.0 Å². The molecule has 0 aliphatic heterocycles. The van der Waals surface area contributed by atoms with Crippen LogP contribution in [0.1, 0.15) is 5.56 Å². The largest absolute Gasteiger partial charge is 0.465 e. The number of esters is 1. The van der Waals surface area contributed by atoms with Crippen molar-refractivity contribution in [2.45, 2.75) is 0 Å². The van der Waals surface area contributed by atoms with E-state index in [2.05, 4.69) is 4.74 Å². The van der Waals surface area contributed by atoms with Crippen LogP contribution in [-0.4, -0.2) is 22.9 Å². The number of amides is 1. The molecule has 0 heterocycles. The van der Waals surface area contributed by atoms with Gasteiger partial charge in [0, 0.05) is 29.6 Å². The molecule has 0 bridgehead atoms. The molecule has 4 nitrogen and oxygen atoms in total. The third-order valence-electron chi connectivity index (χ3n) is 1.92. The SMILES string of the molecule is COC(=O)/C(=C\C(=O)N(Cl)Cl)c1ccccc1. The third-order valence-corrected chi connectivity index (χ3v) is 2.26. The van der Waals surface area contributed by atoms with Crippen LogP contribution in [-0.2, 0) is 14.3 Å². The topological polar surface area (TPSA) is 46.6 Å². The van der Waals surface area contributed by atoms with E-state index in [9.17, 15) is 9.59 Å². The normalized spacial score (nSPS) is 10.9. The first-order chi connectivity index (χ1) is 8.06. The molecule has 0 spiro atoms. The van der Waals surface area contributed by atoms with E-state index in [1.54, 1.807) is 30.3 Å². The summed E-state index contributed by atoms with van der Waals surface area (Å²) in [7, 11) is 1.22. The van der Waals surface area contributed by atoms with E-state index in [1.807, 2.05) is 0 Å². The van der Waals surface area contributed by atoms with Crippen molar-refractivity contribution < 1.29 is 14.3 Å². The van der Waals surface area contributed by atoms with Crippen molar-refractivity contribution in [2.24, 2.45) is 0 Å². The molecule has 1 aromatic carbocycles. The monoisotopic (exact) mass is 273 g/mol. The van der Waals surface area contributed by atoms with E-state index in [1.165, 1.54) is 7.11 Å². The van der Waals surface area contributed by atoms with Gasteiger partial charge in [-0.1, -0.05) is 30.3 Å². The highest BCUT2D eigenvalue weighted by Gasteiger charge is 2.16. The quantitative estimate of drug-likeness (QED) is 0.483. The standard InChI is InChI=1S/C11H9Cl2NO3/c1-17-11(16)9(7-10(15)14(12)13)8-5-3-2-4-6-8/h2-7H,1H3/b9-7-. The van der Waals surface area contributed by atoms with Gasteiger partial charge in [0.15, 0.2) is 0 Å². The number of hydrogen-bond donors (Lipinski definition) is 0. The number of carbonyl (C=O) groups excluding carboxylic acids is 2. The predicted octanol–water partition coefficient (Wildman–Crippen LogP) is 2.38. The molecule has 0 N–H and O–H groups in total. The maximum absolute atomic E-state index is 11.5. The van der Waals surface area contributed by atoms with E-state index in [0.717, 1.165) is 6.08 Å². The first kappa shape index (κ1) is 13.5. The molecule has 0 fully saturated rings. The summed E-state index contributed by atoms with van der Waals surface area (Å²) in [6.45, 7) is 0.